The minimum Gasteiger partial charge on any atom is -0.373 e. The van der Waals surface area contributed by atoms with Gasteiger partial charge in [-0.25, -0.2) is 9.97 Å². The largest absolute Gasteiger partial charge is 0.373 e. The summed E-state index contributed by atoms with van der Waals surface area (Å²) in [7, 11) is 3.62. The van der Waals surface area contributed by atoms with Crippen LogP contribution in [0.2, 0.25) is 0 Å². The number of ether oxygens (including phenoxy) is 1. The molecule has 0 amide bonds. The van der Waals surface area contributed by atoms with Crippen molar-refractivity contribution in [3.05, 3.63) is 15.1 Å². The van der Waals surface area contributed by atoms with E-state index in [1.54, 1.807) is 7.11 Å². The lowest BCUT2D eigenvalue weighted by atomic mass is 10.2. The number of nitrogens with zero attached hydrogens (tertiary/aromatic N) is 2. The van der Waals surface area contributed by atoms with Crippen molar-refractivity contribution in [3.63, 3.8) is 0 Å². The zero-order valence-corrected chi connectivity index (χ0v) is 13.7. The first-order valence-corrected chi connectivity index (χ1v) is 7.52. The van der Waals surface area contributed by atoms with Gasteiger partial charge in [-0.3, -0.25) is 0 Å². The SMILES string of the molecule is CCCc1nc(C(CCC)OC)nc(NC)c1I. The van der Waals surface area contributed by atoms with Crippen LogP contribution in [-0.2, 0) is 11.2 Å². The number of hydrogen-bond donors (Lipinski definition) is 1. The molecule has 0 radical (unpaired) electrons. The molecule has 0 aromatic carbocycles. The van der Waals surface area contributed by atoms with Gasteiger partial charge in [0.1, 0.15) is 11.9 Å². The van der Waals surface area contributed by atoms with Gasteiger partial charge in [0.05, 0.1) is 9.26 Å². The molecule has 0 spiro atoms. The summed E-state index contributed by atoms with van der Waals surface area (Å²) in [5.74, 6) is 1.70. The van der Waals surface area contributed by atoms with E-state index in [1.807, 2.05) is 7.05 Å². The molecule has 1 aromatic rings. The standard InChI is InChI=1S/C13H22IN3O/c1-5-7-9-11(14)13(15-3)17-12(16-9)10(18-4)8-6-2/h10H,5-8H2,1-4H3,(H,15,16,17). The van der Waals surface area contributed by atoms with Crippen LogP contribution in [0.5, 0.6) is 0 Å². The van der Waals surface area contributed by atoms with Gasteiger partial charge in [-0.2, -0.15) is 0 Å². The van der Waals surface area contributed by atoms with Crippen molar-refractivity contribution in [1.29, 1.82) is 0 Å². The molecule has 0 aliphatic rings. The summed E-state index contributed by atoms with van der Waals surface area (Å²) in [5.41, 5.74) is 1.12. The van der Waals surface area contributed by atoms with Gasteiger partial charge in [0.2, 0.25) is 0 Å². The Hall–Kier alpha value is -0.430. The fourth-order valence-electron chi connectivity index (χ4n) is 1.84. The van der Waals surface area contributed by atoms with Gasteiger partial charge in [0, 0.05) is 14.2 Å². The molecule has 0 fully saturated rings. The Morgan fingerprint density at radius 1 is 1.28 bits per heavy atom. The van der Waals surface area contributed by atoms with E-state index in [-0.39, 0.29) is 6.10 Å². The first-order valence-electron chi connectivity index (χ1n) is 6.44. The second kappa shape index (κ2) is 7.89. The highest BCUT2D eigenvalue weighted by Gasteiger charge is 2.17. The van der Waals surface area contributed by atoms with Crippen molar-refractivity contribution in [1.82, 2.24) is 9.97 Å². The number of nitrogens with one attached hydrogen (secondary N) is 1. The van der Waals surface area contributed by atoms with Crippen LogP contribution in [0.15, 0.2) is 0 Å². The highest BCUT2D eigenvalue weighted by atomic mass is 127. The third-order valence-corrected chi connectivity index (χ3v) is 3.92. The minimum atomic E-state index is -0.00490. The normalized spacial score (nSPS) is 12.5. The summed E-state index contributed by atoms with van der Waals surface area (Å²) in [6.45, 7) is 4.31. The lowest BCUT2D eigenvalue weighted by Gasteiger charge is -2.16. The lowest BCUT2D eigenvalue weighted by Crippen LogP contribution is -2.12. The van der Waals surface area contributed by atoms with Gasteiger partial charge in [-0.15, -0.1) is 0 Å². The molecular formula is C13H22IN3O. The monoisotopic (exact) mass is 363 g/mol. The molecule has 1 atom stereocenters. The van der Waals surface area contributed by atoms with Gasteiger partial charge in [0.15, 0.2) is 5.82 Å². The molecule has 0 saturated carbocycles. The molecule has 0 aliphatic heterocycles. The number of methoxy groups -OCH3 is 1. The number of anilines is 1. The number of halogens is 1. The number of aryl methyl sites for hydroxylation is 1. The Kier molecular flexibility index (Phi) is 6.85. The second-order valence-electron chi connectivity index (χ2n) is 4.20. The van der Waals surface area contributed by atoms with Gasteiger partial charge < -0.3 is 10.1 Å². The molecule has 102 valence electrons. The van der Waals surface area contributed by atoms with Crippen LogP contribution < -0.4 is 5.32 Å². The van der Waals surface area contributed by atoms with Crippen LogP contribution in [-0.4, -0.2) is 24.1 Å². The molecule has 1 rings (SSSR count). The molecule has 0 bridgehead atoms. The van der Waals surface area contributed by atoms with Gasteiger partial charge in [-0.05, 0) is 35.4 Å². The highest BCUT2D eigenvalue weighted by Crippen LogP contribution is 2.25. The zero-order valence-electron chi connectivity index (χ0n) is 11.6. The molecule has 0 aliphatic carbocycles. The Balaban J connectivity index is 3.14. The van der Waals surface area contributed by atoms with E-state index in [1.165, 1.54) is 0 Å². The lowest BCUT2D eigenvalue weighted by molar-refractivity contribution is 0.0875. The molecule has 1 heterocycles. The maximum absolute atomic E-state index is 5.49. The summed E-state index contributed by atoms with van der Waals surface area (Å²) in [5, 5.41) is 3.14. The van der Waals surface area contributed by atoms with Crippen molar-refractivity contribution in [2.24, 2.45) is 0 Å². The van der Waals surface area contributed by atoms with Crippen LogP contribution in [0.1, 0.15) is 50.7 Å². The van der Waals surface area contributed by atoms with Crippen molar-refractivity contribution in [3.8, 4) is 0 Å². The molecule has 1 aromatic heterocycles. The average Bonchev–Trinajstić information content (AvgIpc) is 2.38. The summed E-state index contributed by atoms with van der Waals surface area (Å²) in [6, 6.07) is 0. The number of aromatic nitrogens is 2. The van der Waals surface area contributed by atoms with Gasteiger partial charge >= 0.3 is 0 Å². The first-order chi connectivity index (χ1) is 8.67. The van der Waals surface area contributed by atoms with Crippen LogP contribution in [0.3, 0.4) is 0 Å². The fourth-order valence-corrected chi connectivity index (χ4v) is 2.62. The topological polar surface area (TPSA) is 47.0 Å². The van der Waals surface area contributed by atoms with Gasteiger partial charge in [-0.1, -0.05) is 26.7 Å². The first kappa shape index (κ1) is 15.6. The molecule has 1 N–H and O–H groups in total. The van der Waals surface area contributed by atoms with Crippen molar-refractivity contribution in [2.45, 2.75) is 45.6 Å². The molecule has 5 heteroatoms. The molecular weight excluding hydrogens is 341 g/mol. The summed E-state index contributed by atoms with van der Waals surface area (Å²) >= 11 is 2.31. The average molecular weight is 363 g/mol. The Morgan fingerprint density at radius 3 is 2.50 bits per heavy atom. The predicted molar refractivity (Wildman–Crippen MR) is 82.9 cm³/mol. The minimum absolute atomic E-state index is 0.00490. The van der Waals surface area contributed by atoms with Crippen LogP contribution in [0.4, 0.5) is 5.82 Å². The van der Waals surface area contributed by atoms with E-state index in [4.69, 9.17) is 4.74 Å². The van der Waals surface area contributed by atoms with E-state index in [0.717, 1.165) is 46.6 Å². The smallest absolute Gasteiger partial charge is 0.159 e. The van der Waals surface area contributed by atoms with Crippen molar-refractivity contribution < 1.29 is 4.74 Å². The van der Waals surface area contributed by atoms with E-state index in [9.17, 15) is 0 Å². The second-order valence-corrected chi connectivity index (χ2v) is 5.28. The quantitative estimate of drug-likeness (QED) is 0.753. The molecule has 18 heavy (non-hydrogen) atoms. The number of rotatable bonds is 7. The Morgan fingerprint density at radius 2 is 2.00 bits per heavy atom. The van der Waals surface area contributed by atoms with E-state index in [0.29, 0.717) is 0 Å². The number of hydrogen-bond acceptors (Lipinski definition) is 4. The Labute approximate surface area is 123 Å². The van der Waals surface area contributed by atoms with Crippen LogP contribution in [0.25, 0.3) is 0 Å². The molecule has 0 saturated heterocycles. The van der Waals surface area contributed by atoms with E-state index >= 15 is 0 Å². The predicted octanol–water partition coefficient (Wildman–Crippen LogP) is 3.56. The summed E-state index contributed by atoms with van der Waals surface area (Å²) in [4.78, 5) is 9.25. The molecule has 4 nitrogen and oxygen atoms in total. The zero-order chi connectivity index (χ0) is 13.5. The fraction of sp³-hybridized carbons (Fsp3) is 0.692. The Bertz CT molecular complexity index is 385. The van der Waals surface area contributed by atoms with Crippen molar-refractivity contribution >= 4 is 28.4 Å². The van der Waals surface area contributed by atoms with Gasteiger partial charge in [0.25, 0.3) is 0 Å². The third-order valence-electron chi connectivity index (χ3n) is 2.78. The van der Waals surface area contributed by atoms with Crippen LogP contribution >= 0.6 is 22.6 Å². The maximum atomic E-state index is 5.49. The maximum Gasteiger partial charge on any atom is 0.159 e. The van der Waals surface area contributed by atoms with Crippen LogP contribution in [0, 0.1) is 3.57 Å². The third kappa shape index (κ3) is 3.78. The van der Waals surface area contributed by atoms with E-state index < -0.39 is 0 Å². The summed E-state index contributed by atoms with van der Waals surface area (Å²) in [6.07, 6.45) is 4.07. The van der Waals surface area contributed by atoms with Crippen molar-refractivity contribution in [2.75, 3.05) is 19.5 Å². The van der Waals surface area contributed by atoms with E-state index in [2.05, 4.69) is 51.7 Å². The molecule has 1 unspecified atom stereocenters. The highest BCUT2D eigenvalue weighted by molar-refractivity contribution is 14.1. The summed E-state index contributed by atoms with van der Waals surface area (Å²) < 4.78 is 6.61.